The van der Waals surface area contributed by atoms with E-state index in [-0.39, 0.29) is 5.91 Å². The number of amides is 1. The minimum absolute atomic E-state index is 0.0318. The van der Waals surface area contributed by atoms with Crippen molar-refractivity contribution in [2.24, 2.45) is 0 Å². The van der Waals surface area contributed by atoms with Crippen molar-refractivity contribution in [1.82, 2.24) is 10.2 Å². The second-order valence-corrected chi connectivity index (χ2v) is 8.88. The van der Waals surface area contributed by atoms with Gasteiger partial charge in [0.25, 0.3) is 0 Å². The molecule has 0 rings (SSSR count). The molecule has 0 spiro atoms. The lowest BCUT2D eigenvalue weighted by Gasteiger charge is -2.31. The van der Waals surface area contributed by atoms with Gasteiger partial charge in [-0.1, -0.05) is 28.9 Å². The van der Waals surface area contributed by atoms with Crippen LogP contribution in [0.25, 0.3) is 0 Å². The van der Waals surface area contributed by atoms with Gasteiger partial charge in [0.15, 0.2) is 0 Å². The molecule has 27 heavy (non-hydrogen) atoms. The molecular formula is C23H44N3O+. The zero-order valence-electron chi connectivity index (χ0n) is 19.2. The summed E-state index contributed by atoms with van der Waals surface area (Å²) in [5, 5.41) is 3.03. The Kier molecular flexibility index (Phi) is 13.0. The van der Waals surface area contributed by atoms with E-state index in [1.54, 1.807) is 6.08 Å². The molecule has 0 aliphatic carbocycles. The van der Waals surface area contributed by atoms with Crippen LogP contribution in [0, 0.1) is 0 Å². The number of hydrogen-bond acceptors (Lipinski definition) is 2. The van der Waals surface area contributed by atoms with Crippen molar-refractivity contribution >= 4 is 5.91 Å². The molecule has 0 saturated heterocycles. The Hall–Kier alpha value is -1.39. The van der Waals surface area contributed by atoms with E-state index in [0.717, 1.165) is 55.4 Å². The van der Waals surface area contributed by atoms with E-state index in [1.807, 2.05) is 6.92 Å². The summed E-state index contributed by atoms with van der Waals surface area (Å²) < 4.78 is 0.915. The number of nitrogens with one attached hydrogen (secondary N) is 1. The normalized spacial score (nSPS) is 13.1. The average molecular weight is 379 g/mol. The minimum atomic E-state index is 0.0318. The Morgan fingerprint density at radius 3 is 2.11 bits per heavy atom. The average Bonchev–Trinajstić information content (AvgIpc) is 2.52. The van der Waals surface area contributed by atoms with E-state index in [9.17, 15) is 4.79 Å². The molecule has 0 aromatic heterocycles. The number of hydrogen-bond donors (Lipinski definition) is 1. The Balaban J connectivity index is 4.13. The topological polar surface area (TPSA) is 32.3 Å². The first-order valence-electron chi connectivity index (χ1n) is 10.2. The number of carbonyl (C=O) groups is 1. The summed E-state index contributed by atoms with van der Waals surface area (Å²) in [6, 6.07) is 0. The van der Waals surface area contributed by atoms with Crippen molar-refractivity contribution in [3.63, 3.8) is 0 Å². The van der Waals surface area contributed by atoms with Gasteiger partial charge in [0.1, 0.15) is 0 Å². The SMILES string of the molecule is CC(C)=CCCC(C)=CCCC(C)=CC(=O)NCC[N+](C)(C)CCN(C)C. The van der Waals surface area contributed by atoms with Gasteiger partial charge in [-0.3, -0.25) is 4.79 Å². The van der Waals surface area contributed by atoms with Crippen LogP contribution in [0.3, 0.4) is 0 Å². The molecule has 156 valence electrons. The van der Waals surface area contributed by atoms with Crippen LogP contribution in [0.1, 0.15) is 53.4 Å². The number of carbonyl (C=O) groups excluding carboxylic acids is 1. The van der Waals surface area contributed by atoms with Gasteiger partial charge in [0.05, 0.1) is 33.7 Å². The molecule has 0 bridgehead atoms. The van der Waals surface area contributed by atoms with E-state index in [1.165, 1.54) is 11.1 Å². The van der Waals surface area contributed by atoms with Crippen molar-refractivity contribution in [3.05, 3.63) is 34.9 Å². The van der Waals surface area contributed by atoms with Crippen LogP contribution in [0.15, 0.2) is 34.9 Å². The van der Waals surface area contributed by atoms with E-state index in [0.29, 0.717) is 6.54 Å². The lowest BCUT2D eigenvalue weighted by molar-refractivity contribution is -0.888. The molecule has 0 saturated carbocycles. The molecule has 4 nitrogen and oxygen atoms in total. The third kappa shape index (κ3) is 16.5. The Morgan fingerprint density at radius 2 is 1.52 bits per heavy atom. The van der Waals surface area contributed by atoms with Gasteiger partial charge in [0.2, 0.25) is 5.91 Å². The molecule has 0 atom stereocenters. The Morgan fingerprint density at radius 1 is 0.926 bits per heavy atom. The molecule has 0 heterocycles. The smallest absolute Gasteiger partial charge is 0.244 e. The second kappa shape index (κ2) is 13.7. The maximum absolute atomic E-state index is 12.1. The quantitative estimate of drug-likeness (QED) is 0.296. The molecule has 0 aromatic carbocycles. The molecule has 1 N–H and O–H groups in total. The van der Waals surface area contributed by atoms with E-state index in [4.69, 9.17) is 0 Å². The number of likely N-dealkylation sites (N-methyl/N-ethyl adjacent to an activating group) is 2. The van der Waals surface area contributed by atoms with Gasteiger partial charge in [-0.15, -0.1) is 0 Å². The zero-order valence-corrected chi connectivity index (χ0v) is 19.2. The minimum Gasteiger partial charge on any atom is -0.347 e. The molecular weight excluding hydrogens is 334 g/mol. The van der Waals surface area contributed by atoms with Crippen LogP contribution in [0.2, 0.25) is 0 Å². The highest BCUT2D eigenvalue weighted by Crippen LogP contribution is 2.11. The van der Waals surface area contributed by atoms with E-state index < -0.39 is 0 Å². The number of rotatable bonds is 13. The third-order valence-corrected chi connectivity index (χ3v) is 4.67. The fourth-order valence-corrected chi connectivity index (χ4v) is 2.65. The van der Waals surface area contributed by atoms with Crippen LogP contribution in [-0.2, 0) is 4.79 Å². The maximum atomic E-state index is 12.1. The predicted octanol–water partition coefficient (Wildman–Crippen LogP) is 4.16. The standard InChI is InChI=1S/C23H43N3O/c1-20(2)11-9-12-21(3)13-10-14-22(4)19-23(27)24-15-17-26(7,8)18-16-25(5)6/h11,13,19H,9-10,12,14-18H2,1-8H3/p+1. The number of quaternary nitrogens is 1. The van der Waals surface area contributed by atoms with Crippen LogP contribution < -0.4 is 5.32 Å². The van der Waals surface area contributed by atoms with Crippen molar-refractivity contribution in [1.29, 1.82) is 0 Å². The summed E-state index contributed by atoms with van der Waals surface area (Å²) in [6.45, 7) is 12.3. The highest BCUT2D eigenvalue weighted by atomic mass is 16.1. The lowest BCUT2D eigenvalue weighted by atomic mass is 10.1. The Bertz CT molecular complexity index is 524. The van der Waals surface area contributed by atoms with Crippen LogP contribution in [0.5, 0.6) is 0 Å². The summed E-state index contributed by atoms with van der Waals surface area (Å²) in [5.41, 5.74) is 3.96. The highest BCUT2D eigenvalue weighted by molar-refractivity contribution is 5.88. The van der Waals surface area contributed by atoms with Crippen LogP contribution >= 0.6 is 0 Å². The fourth-order valence-electron chi connectivity index (χ4n) is 2.65. The van der Waals surface area contributed by atoms with Crippen LogP contribution in [0.4, 0.5) is 0 Å². The van der Waals surface area contributed by atoms with E-state index >= 15 is 0 Å². The summed E-state index contributed by atoms with van der Waals surface area (Å²) in [6.07, 6.45) is 10.5. The summed E-state index contributed by atoms with van der Waals surface area (Å²) >= 11 is 0. The third-order valence-electron chi connectivity index (χ3n) is 4.67. The molecule has 0 fully saturated rings. The molecule has 0 aromatic rings. The summed E-state index contributed by atoms with van der Waals surface area (Å²) in [7, 11) is 8.61. The zero-order chi connectivity index (χ0) is 20.9. The molecule has 0 aliphatic heterocycles. The first-order valence-corrected chi connectivity index (χ1v) is 10.2. The summed E-state index contributed by atoms with van der Waals surface area (Å²) in [5.74, 6) is 0.0318. The number of nitrogens with zero attached hydrogens (tertiary/aromatic N) is 2. The maximum Gasteiger partial charge on any atom is 0.244 e. The van der Waals surface area contributed by atoms with Gasteiger partial charge in [-0.25, -0.2) is 0 Å². The predicted molar refractivity (Wildman–Crippen MR) is 119 cm³/mol. The van der Waals surface area contributed by atoms with Crippen molar-refractivity contribution in [2.45, 2.75) is 53.4 Å². The van der Waals surface area contributed by atoms with Gasteiger partial charge >= 0.3 is 0 Å². The molecule has 4 heteroatoms. The lowest BCUT2D eigenvalue weighted by Crippen LogP contribution is -2.48. The van der Waals surface area contributed by atoms with Crippen molar-refractivity contribution < 1.29 is 9.28 Å². The van der Waals surface area contributed by atoms with Gasteiger partial charge in [-0.05, 0) is 67.5 Å². The van der Waals surface area contributed by atoms with Gasteiger partial charge in [-0.2, -0.15) is 0 Å². The first kappa shape index (κ1) is 25.6. The summed E-state index contributed by atoms with van der Waals surface area (Å²) in [4.78, 5) is 14.3. The van der Waals surface area contributed by atoms with Crippen LogP contribution in [-0.4, -0.2) is 69.7 Å². The molecule has 1 amide bonds. The van der Waals surface area contributed by atoms with Gasteiger partial charge in [0, 0.05) is 12.6 Å². The monoisotopic (exact) mass is 378 g/mol. The number of allylic oxidation sites excluding steroid dienone is 5. The molecule has 0 radical (unpaired) electrons. The Labute approximate surface area is 168 Å². The second-order valence-electron chi connectivity index (χ2n) is 8.88. The molecule has 0 unspecified atom stereocenters. The van der Waals surface area contributed by atoms with Crippen molar-refractivity contribution in [2.75, 3.05) is 54.4 Å². The van der Waals surface area contributed by atoms with E-state index in [2.05, 4.69) is 71.3 Å². The largest absolute Gasteiger partial charge is 0.347 e. The van der Waals surface area contributed by atoms with Crippen molar-refractivity contribution in [3.8, 4) is 0 Å². The fraction of sp³-hybridized carbons (Fsp3) is 0.696. The molecule has 0 aliphatic rings. The van der Waals surface area contributed by atoms with Gasteiger partial charge < -0.3 is 14.7 Å². The highest BCUT2D eigenvalue weighted by Gasteiger charge is 2.14. The first-order chi connectivity index (χ1) is 12.5.